The molecule has 0 heterocycles. The van der Waals surface area contributed by atoms with Crippen LogP contribution in [-0.4, -0.2) is 42.8 Å². The summed E-state index contributed by atoms with van der Waals surface area (Å²) in [6.07, 6.45) is 27.0. The van der Waals surface area contributed by atoms with Crippen LogP contribution >= 0.6 is 7.82 Å². The summed E-state index contributed by atoms with van der Waals surface area (Å²) in [7, 11) is -4.26. The first-order valence-electron chi connectivity index (χ1n) is 17.0. The normalized spacial score (nSPS) is 13.7. The second kappa shape index (κ2) is 29.8. The maximum atomic E-state index is 12.4. The standard InChI is InChI=1S/C33H63O8P/c1-4-7-9-11-13-15-17-18-20-21-23-25-27-32(34)38-29-31(30-40-42(36,37)39-6-3)41-33(35)28-26-24-22-19-16-14-12-10-8-5-2/h10,12,31H,4-9,11,13-30H2,1-3H3,(H,36,37)/b12-10-. The summed E-state index contributed by atoms with van der Waals surface area (Å²) in [6, 6.07) is 0. The molecule has 42 heavy (non-hydrogen) atoms. The number of carbonyl (C=O) groups is 2. The Kier molecular flexibility index (Phi) is 29.0. The van der Waals surface area contributed by atoms with E-state index in [1.54, 1.807) is 6.92 Å². The molecule has 0 amide bonds. The van der Waals surface area contributed by atoms with Gasteiger partial charge in [0.05, 0.1) is 13.2 Å². The van der Waals surface area contributed by atoms with Crippen LogP contribution in [0.15, 0.2) is 12.2 Å². The maximum absolute atomic E-state index is 12.4. The summed E-state index contributed by atoms with van der Waals surface area (Å²) >= 11 is 0. The molecule has 248 valence electrons. The summed E-state index contributed by atoms with van der Waals surface area (Å²) in [5.41, 5.74) is 0. The number of hydrogen-bond acceptors (Lipinski definition) is 7. The molecule has 0 aromatic rings. The van der Waals surface area contributed by atoms with Crippen molar-refractivity contribution in [2.24, 2.45) is 0 Å². The summed E-state index contributed by atoms with van der Waals surface area (Å²) in [5, 5.41) is 0. The monoisotopic (exact) mass is 618 g/mol. The van der Waals surface area contributed by atoms with E-state index in [0.717, 1.165) is 57.8 Å². The van der Waals surface area contributed by atoms with Crippen LogP contribution in [0, 0.1) is 0 Å². The van der Waals surface area contributed by atoms with Gasteiger partial charge in [0.1, 0.15) is 6.61 Å². The van der Waals surface area contributed by atoms with Crippen LogP contribution in [0.25, 0.3) is 0 Å². The first-order chi connectivity index (χ1) is 20.3. The highest BCUT2D eigenvalue weighted by Crippen LogP contribution is 2.43. The van der Waals surface area contributed by atoms with Crippen LogP contribution in [0.1, 0.15) is 162 Å². The van der Waals surface area contributed by atoms with E-state index in [9.17, 15) is 19.0 Å². The van der Waals surface area contributed by atoms with E-state index in [2.05, 4.69) is 26.0 Å². The Balaban J connectivity index is 4.20. The summed E-state index contributed by atoms with van der Waals surface area (Å²) in [4.78, 5) is 34.4. The van der Waals surface area contributed by atoms with Crippen LogP contribution in [0.3, 0.4) is 0 Å². The van der Waals surface area contributed by atoms with Crippen LogP contribution in [0.5, 0.6) is 0 Å². The van der Waals surface area contributed by atoms with Gasteiger partial charge < -0.3 is 14.4 Å². The predicted molar refractivity (Wildman–Crippen MR) is 170 cm³/mol. The Morgan fingerprint density at radius 2 is 1.12 bits per heavy atom. The highest BCUT2D eigenvalue weighted by Gasteiger charge is 2.25. The molecular weight excluding hydrogens is 555 g/mol. The minimum Gasteiger partial charge on any atom is -0.462 e. The number of ether oxygens (including phenoxy) is 2. The third kappa shape index (κ3) is 28.9. The number of esters is 2. The molecule has 0 rings (SSSR count). The van der Waals surface area contributed by atoms with Gasteiger partial charge in [-0.25, -0.2) is 4.57 Å². The lowest BCUT2D eigenvalue weighted by atomic mass is 10.0. The van der Waals surface area contributed by atoms with Gasteiger partial charge in [0.15, 0.2) is 6.10 Å². The van der Waals surface area contributed by atoms with Crippen molar-refractivity contribution in [1.82, 2.24) is 0 Å². The number of unbranched alkanes of at least 4 members (excludes halogenated alkanes) is 17. The molecule has 1 N–H and O–H groups in total. The molecule has 2 unspecified atom stereocenters. The summed E-state index contributed by atoms with van der Waals surface area (Å²) in [6.45, 7) is 5.37. The topological polar surface area (TPSA) is 108 Å². The number of phosphoric acid groups is 1. The van der Waals surface area contributed by atoms with Crippen molar-refractivity contribution in [3.63, 3.8) is 0 Å². The zero-order valence-electron chi connectivity index (χ0n) is 27.2. The van der Waals surface area contributed by atoms with E-state index >= 15 is 0 Å². The van der Waals surface area contributed by atoms with Gasteiger partial charge in [-0.3, -0.25) is 18.6 Å². The number of allylic oxidation sites excluding steroid dienone is 2. The van der Waals surface area contributed by atoms with Gasteiger partial charge in [0.25, 0.3) is 0 Å². The average molecular weight is 619 g/mol. The summed E-state index contributed by atoms with van der Waals surface area (Å²) in [5.74, 6) is -0.808. The molecular formula is C33H63O8P. The van der Waals surface area contributed by atoms with Gasteiger partial charge in [-0.1, -0.05) is 122 Å². The van der Waals surface area contributed by atoms with Crippen LogP contribution in [0.4, 0.5) is 0 Å². The highest BCUT2D eigenvalue weighted by atomic mass is 31.2. The average Bonchev–Trinajstić information content (AvgIpc) is 2.96. The first kappa shape index (κ1) is 40.8. The Morgan fingerprint density at radius 1 is 0.619 bits per heavy atom. The van der Waals surface area contributed by atoms with E-state index in [-0.39, 0.29) is 25.6 Å². The fourth-order valence-electron chi connectivity index (χ4n) is 4.57. The minimum absolute atomic E-state index is 0.00128. The molecule has 0 spiro atoms. The second-order valence-electron chi connectivity index (χ2n) is 11.2. The molecule has 0 aliphatic carbocycles. The zero-order chi connectivity index (χ0) is 31.2. The Labute approximate surface area is 257 Å². The van der Waals surface area contributed by atoms with E-state index < -0.39 is 26.5 Å². The van der Waals surface area contributed by atoms with E-state index in [1.165, 1.54) is 64.2 Å². The first-order valence-corrected chi connectivity index (χ1v) is 18.5. The zero-order valence-corrected chi connectivity index (χ0v) is 28.1. The molecule has 2 atom stereocenters. The highest BCUT2D eigenvalue weighted by molar-refractivity contribution is 7.47. The molecule has 9 heteroatoms. The van der Waals surface area contributed by atoms with Crippen molar-refractivity contribution in [2.75, 3.05) is 19.8 Å². The SMILES string of the molecule is CCC/C=C\CCCCCCCC(=O)OC(COC(=O)CCCCCCCCCCCCCC)COP(=O)(O)OCC. The van der Waals surface area contributed by atoms with E-state index in [0.29, 0.717) is 12.8 Å². The van der Waals surface area contributed by atoms with Gasteiger partial charge in [-0.15, -0.1) is 0 Å². The molecule has 0 bridgehead atoms. The number of hydrogen-bond donors (Lipinski definition) is 1. The summed E-state index contributed by atoms with van der Waals surface area (Å²) < 4.78 is 32.3. The Morgan fingerprint density at radius 3 is 1.67 bits per heavy atom. The van der Waals surface area contributed by atoms with Gasteiger partial charge in [-0.2, -0.15) is 0 Å². The van der Waals surface area contributed by atoms with Crippen molar-refractivity contribution in [2.45, 2.75) is 168 Å². The fourth-order valence-corrected chi connectivity index (χ4v) is 5.33. The number of carbonyl (C=O) groups excluding carboxylic acids is 2. The number of phosphoric ester groups is 1. The smallest absolute Gasteiger partial charge is 0.462 e. The largest absolute Gasteiger partial charge is 0.472 e. The van der Waals surface area contributed by atoms with E-state index in [4.69, 9.17) is 18.5 Å². The van der Waals surface area contributed by atoms with Crippen molar-refractivity contribution < 1.29 is 37.6 Å². The van der Waals surface area contributed by atoms with Crippen molar-refractivity contribution >= 4 is 19.8 Å². The second-order valence-corrected chi connectivity index (χ2v) is 12.6. The Hall–Kier alpha value is -1.21. The third-order valence-electron chi connectivity index (χ3n) is 7.05. The van der Waals surface area contributed by atoms with Crippen molar-refractivity contribution in [1.29, 1.82) is 0 Å². The van der Waals surface area contributed by atoms with E-state index in [1.807, 2.05) is 0 Å². The Bertz CT molecular complexity index is 712. The van der Waals surface area contributed by atoms with Gasteiger partial charge in [0.2, 0.25) is 0 Å². The van der Waals surface area contributed by atoms with Gasteiger partial charge in [-0.05, 0) is 39.0 Å². The van der Waals surface area contributed by atoms with Crippen LogP contribution in [-0.2, 0) is 32.7 Å². The number of rotatable bonds is 31. The van der Waals surface area contributed by atoms with Crippen molar-refractivity contribution in [3.8, 4) is 0 Å². The minimum atomic E-state index is -4.26. The molecule has 8 nitrogen and oxygen atoms in total. The predicted octanol–water partition coefficient (Wildman–Crippen LogP) is 9.77. The lowest BCUT2D eigenvalue weighted by molar-refractivity contribution is -0.161. The molecule has 0 saturated carbocycles. The molecule has 0 aliphatic rings. The third-order valence-corrected chi connectivity index (χ3v) is 8.11. The maximum Gasteiger partial charge on any atom is 0.472 e. The molecule has 0 saturated heterocycles. The van der Waals surface area contributed by atoms with Gasteiger partial charge in [0, 0.05) is 12.8 Å². The molecule has 0 radical (unpaired) electrons. The molecule has 0 aliphatic heterocycles. The van der Waals surface area contributed by atoms with Crippen LogP contribution < -0.4 is 0 Å². The molecule has 0 aromatic heterocycles. The quantitative estimate of drug-likeness (QED) is 0.0354. The fraction of sp³-hybridized carbons (Fsp3) is 0.879. The molecule has 0 aromatic carbocycles. The van der Waals surface area contributed by atoms with Crippen molar-refractivity contribution in [3.05, 3.63) is 12.2 Å². The van der Waals surface area contributed by atoms with Crippen LogP contribution in [0.2, 0.25) is 0 Å². The van der Waals surface area contributed by atoms with Gasteiger partial charge >= 0.3 is 19.8 Å². The lowest BCUT2D eigenvalue weighted by Crippen LogP contribution is -2.29. The lowest BCUT2D eigenvalue weighted by Gasteiger charge is -2.19. The molecule has 0 fully saturated rings.